The molecule has 586 valence electrons. The molecule has 125 heavy (non-hydrogen) atoms. The average Bonchev–Trinajstić information content (AvgIpc) is 1.60. The minimum atomic E-state index is -0.299. The predicted molar refractivity (Wildman–Crippen MR) is 527 cm³/mol. The second-order valence-corrected chi connectivity index (χ2v) is 33.9. The Labute approximate surface area is 723 Å². The number of para-hydroxylation sites is 8. The van der Waals surface area contributed by atoms with Gasteiger partial charge in [0.25, 0.3) is 0 Å². The Kier molecular flexibility index (Phi) is 16.3. The zero-order chi connectivity index (χ0) is 82.5. The van der Waals surface area contributed by atoms with Crippen LogP contribution >= 0.6 is 0 Å². The Morgan fingerprint density at radius 1 is 0.184 bits per heavy atom. The highest BCUT2D eigenvalue weighted by molar-refractivity contribution is 6.19. The molecule has 0 N–H and O–H groups in total. The second kappa shape index (κ2) is 28.4. The van der Waals surface area contributed by atoms with Crippen LogP contribution < -0.4 is 9.80 Å². The van der Waals surface area contributed by atoms with Crippen molar-refractivity contribution in [2.45, 2.75) is 19.3 Å². The van der Waals surface area contributed by atoms with Crippen molar-refractivity contribution in [2.24, 2.45) is 0 Å². The van der Waals surface area contributed by atoms with E-state index in [1.54, 1.807) is 0 Å². The molecule has 6 nitrogen and oxygen atoms in total. The molecule has 0 fully saturated rings. The van der Waals surface area contributed by atoms with Crippen molar-refractivity contribution in [3.05, 3.63) is 460 Å². The van der Waals surface area contributed by atoms with Crippen LogP contribution in [0, 0.1) is 0 Å². The van der Waals surface area contributed by atoms with Gasteiger partial charge in [0, 0.05) is 104 Å². The van der Waals surface area contributed by atoms with Crippen molar-refractivity contribution in [3.63, 3.8) is 0 Å². The van der Waals surface area contributed by atoms with Gasteiger partial charge in [0.15, 0.2) is 0 Å². The van der Waals surface area contributed by atoms with Crippen molar-refractivity contribution in [1.29, 1.82) is 0 Å². The molecular formula is C119H80N6. The predicted octanol–water partition coefficient (Wildman–Crippen LogP) is 32.3. The number of hydrogen-bond donors (Lipinski definition) is 0. The number of fused-ring (bicyclic) bond motifs is 17. The first-order valence-electron chi connectivity index (χ1n) is 43.3. The van der Waals surface area contributed by atoms with Crippen LogP contribution in [0.5, 0.6) is 0 Å². The Morgan fingerprint density at radius 2 is 0.504 bits per heavy atom. The van der Waals surface area contributed by atoms with Gasteiger partial charge in [0.05, 0.1) is 66.9 Å². The van der Waals surface area contributed by atoms with Crippen LogP contribution in [-0.2, 0) is 5.41 Å². The van der Waals surface area contributed by atoms with Crippen molar-refractivity contribution in [1.82, 2.24) is 18.3 Å². The monoisotopic (exact) mass is 1590 g/mol. The van der Waals surface area contributed by atoms with Gasteiger partial charge >= 0.3 is 0 Å². The summed E-state index contributed by atoms with van der Waals surface area (Å²) in [7, 11) is 0. The number of nitrogens with zero attached hydrogens (tertiary/aromatic N) is 6. The highest BCUT2D eigenvalue weighted by atomic mass is 15.2. The molecule has 20 aromatic carbocycles. The van der Waals surface area contributed by atoms with Gasteiger partial charge in [-0.05, 0) is 231 Å². The zero-order valence-electron chi connectivity index (χ0n) is 68.9. The number of benzene rings is 20. The maximum absolute atomic E-state index is 2.51. The molecule has 6 heteroatoms. The van der Waals surface area contributed by atoms with Gasteiger partial charge in [0.1, 0.15) is 0 Å². The molecule has 4 heterocycles. The van der Waals surface area contributed by atoms with Crippen LogP contribution in [0.2, 0.25) is 0 Å². The highest BCUT2D eigenvalue weighted by Crippen LogP contribution is 2.54. The van der Waals surface area contributed by atoms with Gasteiger partial charge in [-0.25, -0.2) is 0 Å². The van der Waals surface area contributed by atoms with Crippen LogP contribution in [0.3, 0.4) is 0 Å². The van der Waals surface area contributed by atoms with E-state index in [2.05, 4.69) is 491 Å². The molecule has 25 rings (SSSR count). The van der Waals surface area contributed by atoms with Gasteiger partial charge in [-0.3, -0.25) is 0 Å². The fourth-order valence-corrected chi connectivity index (χ4v) is 21.0. The molecule has 0 spiro atoms. The van der Waals surface area contributed by atoms with Crippen LogP contribution in [0.1, 0.15) is 25.0 Å². The summed E-state index contributed by atoms with van der Waals surface area (Å²) in [6.45, 7) is 4.81. The van der Waals surface area contributed by atoms with Gasteiger partial charge < -0.3 is 28.1 Å². The maximum atomic E-state index is 2.51. The Balaban J connectivity index is 0.570. The molecule has 0 bridgehead atoms. The van der Waals surface area contributed by atoms with Gasteiger partial charge in [-0.1, -0.05) is 299 Å². The van der Waals surface area contributed by atoms with E-state index in [-0.39, 0.29) is 5.41 Å². The molecule has 0 aliphatic heterocycles. The van der Waals surface area contributed by atoms with Crippen molar-refractivity contribution >= 4 is 143 Å². The maximum Gasteiger partial charge on any atom is 0.0547 e. The lowest BCUT2D eigenvalue weighted by Crippen LogP contribution is -2.17. The molecule has 0 amide bonds. The fraction of sp³-hybridized carbons (Fsp3) is 0.0252. The lowest BCUT2D eigenvalue weighted by atomic mass is 9.81. The van der Waals surface area contributed by atoms with Crippen LogP contribution in [0.15, 0.2) is 449 Å². The lowest BCUT2D eigenvalue weighted by molar-refractivity contribution is 0.660. The Hall–Kier alpha value is -16.3. The van der Waals surface area contributed by atoms with Gasteiger partial charge in [-0.15, -0.1) is 0 Å². The summed E-state index contributed by atoms with van der Waals surface area (Å²) in [5.41, 5.74) is 34.8. The summed E-state index contributed by atoms with van der Waals surface area (Å²) in [6, 6.07) is 166. The van der Waals surface area contributed by atoms with E-state index in [4.69, 9.17) is 0 Å². The third-order valence-corrected chi connectivity index (χ3v) is 26.8. The largest absolute Gasteiger partial charge is 0.310 e. The van der Waals surface area contributed by atoms with E-state index < -0.39 is 0 Å². The number of aromatic nitrogens is 4. The average molecular weight is 1590 g/mol. The van der Waals surface area contributed by atoms with Crippen LogP contribution in [0.25, 0.3) is 187 Å². The number of rotatable bonds is 14. The molecule has 4 aromatic heterocycles. The van der Waals surface area contributed by atoms with E-state index in [1.165, 1.54) is 126 Å². The molecule has 0 saturated carbocycles. The highest BCUT2D eigenvalue weighted by Gasteiger charge is 2.37. The molecule has 0 saturated heterocycles. The smallest absolute Gasteiger partial charge is 0.0547 e. The number of hydrogen-bond acceptors (Lipinski definition) is 2. The van der Waals surface area contributed by atoms with E-state index in [1.807, 2.05) is 0 Å². The standard InChI is InChI=1S/C119H80N6/c1-119(2)104-75-83(82-59-68-116-103(74-82)100-40-19-22-44-107(100)123(116)86-31-10-5-11-32-86)57-65-91(104)92-66-64-89(76-105(92)119)121(84-27-6-3-7-28-84)112-70-72-114(98-36-15-13-34-96(98)112)125-110-47-25-20-41-101(110)118-90(42-26-48-117(118)125)80-55-62-88(63-56-80)120(111-69-71-113(97-35-14-12-33-95(97)111)124-108-45-23-16-37-93(108)94-38-17-24-46-109(94)124)87-60-53-78(54-61-87)77-49-51-79(52-50-77)81-58-67-115-102(73-81)99-39-18-21-43-106(99)122(115)85-29-8-4-9-30-85/h3-76H,1-2H3. The van der Waals surface area contributed by atoms with Crippen molar-refractivity contribution in [2.75, 3.05) is 9.80 Å². The summed E-state index contributed by atoms with van der Waals surface area (Å²) < 4.78 is 9.73. The molecule has 1 aliphatic rings. The topological polar surface area (TPSA) is 26.2 Å². The minimum Gasteiger partial charge on any atom is -0.310 e. The fourth-order valence-electron chi connectivity index (χ4n) is 21.0. The van der Waals surface area contributed by atoms with E-state index >= 15 is 0 Å². The first kappa shape index (κ1) is 71.6. The normalized spacial score (nSPS) is 12.5. The van der Waals surface area contributed by atoms with Crippen LogP contribution in [-0.4, -0.2) is 18.3 Å². The molecule has 0 radical (unpaired) electrons. The molecular weight excluding hydrogens is 1510 g/mol. The lowest BCUT2D eigenvalue weighted by Gasteiger charge is -2.29. The van der Waals surface area contributed by atoms with E-state index in [0.29, 0.717) is 0 Å². The van der Waals surface area contributed by atoms with Gasteiger partial charge in [-0.2, -0.15) is 0 Å². The molecule has 24 aromatic rings. The number of anilines is 6. The zero-order valence-corrected chi connectivity index (χ0v) is 68.9. The summed E-state index contributed by atoms with van der Waals surface area (Å²) >= 11 is 0. The van der Waals surface area contributed by atoms with Gasteiger partial charge in [0.2, 0.25) is 0 Å². The van der Waals surface area contributed by atoms with Crippen molar-refractivity contribution in [3.8, 4) is 78.4 Å². The SMILES string of the molecule is CC1(C)c2cc(-c3ccc4c(c3)c3ccccc3n4-c3ccccc3)ccc2-c2ccc(N(c3ccccc3)c3ccc(-n4c5ccccc5c5c(-c6ccc(N(c7ccc(-c8ccc(-c9ccc%10c(c9)c9ccccc9n%10-c9ccccc9)cc8)cc7)c7ccc(-n8c9ccccc9c9ccccc98)c8ccccc78)cc6)cccc54)c4ccccc34)cc21. The summed E-state index contributed by atoms with van der Waals surface area (Å²) in [5, 5.41) is 14.5. The summed E-state index contributed by atoms with van der Waals surface area (Å²) in [6.07, 6.45) is 0. The third kappa shape index (κ3) is 11.3. The summed E-state index contributed by atoms with van der Waals surface area (Å²) in [4.78, 5) is 4.93. The van der Waals surface area contributed by atoms with E-state index in [9.17, 15) is 0 Å². The second-order valence-electron chi connectivity index (χ2n) is 33.9. The van der Waals surface area contributed by atoms with Crippen molar-refractivity contribution < 1.29 is 0 Å². The Bertz CT molecular complexity index is 8420. The first-order chi connectivity index (χ1) is 61.8. The Morgan fingerprint density at radius 3 is 1.02 bits per heavy atom. The molecule has 0 atom stereocenters. The molecule has 1 aliphatic carbocycles. The van der Waals surface area contributed by atoms with E-state index in [0.717, 1.165) is 106 Å². The summed E-state index contributed by atoms with van der Waals surface area (Å²) in [5.74, 6) is 0. The minimum absolute atomic E-state index is 0.299. The first-order valence-corrected chi connectivity index (χ1v) is 43.3. The third-order valence-electron chi connectivity index (χ3n) is 26.8. The quantitative estimate of drug-likeness (QED) is 0.108. The van der Waals surface area contributed by atoms with Crippen LogP contribution in [0.4, 0.5) is 34.1 Å². The molecule has 0 unspecified atom stereocenters.